The van der Waals surface area contributed by atoms with Gasteiger partial charge in [-0.05, 0) is 20.0 Å². The summed E-state index contributed by atoms with van der Waals surface area (Å²) < 4.78 is 1.79. The van der Waals surface area contributed by atoms with Crippen molar-refractivity contribution in [1.29, 1.82) is 0 Å². The zero-order valence-electron chi connectivity index (χ0n) is 14.8. The lowest BCUT2D eigenvalue weighted by atomic mass is 10.1. The van der Waals surface area contributed by atoms with Crippen molar-refractivity contribution in [3.63, 3.8) is 0 Å². The first-order valence-corrected chi connectivity index (χ1v) is 9.22. The van der Waals surface area contributed by atoms with Crippen LogP contribution in [-0.2, 0) is 7.05 Å². The maximum Gasteiger partial charge on any atom is 0.317 e. The molecule has 1 aliphatic heterocycles. The average molecular weight is 340 g/mol. The minimum atomic E-state index is 0.0479. The van der Waals surface area contributed by atoms with E-state index >= 15 is 0 Å². The van der Waals surface area contributed by atoms with Gasteiger partial charge in [0.2, 0.25) is 0 Å². The number of amides is 2. The number of aromatic nitrogens is 2. The number of aryl methyl sites for hydroxylation is 1. The molecule has 2 rings (SSSR count). The molecule has 0 bridgehead atoms. The first-order chi connectivity index (χ1) is 10.9. The first-order valence-electron chi connectivity index (χ1n) is 8.17. The molecule has 0 radical (unpaired) electrons. The van der Waals surface area contributed by atoms with Crippen molar-refractivity contribution in [1.82, 2.24) is 24.9 Å². The summed E-state index contributed by atoms with van der Waals surface area (Å²) >= 11 is 1.98. The smallest absolute Gasteiger partial charge is 0.317 e. The number of carbonyl (C=O) groups is 1. The molecule has 1 aromatic rings. The highest BCUT2D eigenvalue weighted by molar-refractivity contribution is 8.00. The second-order valence-electron chi connectivity index (χ2n) is 6.71. The van der Waals surface area contributed by atoms with E-state index in [1.165, 1.54) is 0 Å². The van der Waals surface area contributed by atoms with Crippen molar-refractivity contribution in [2.24, 2.45) is 13.0 Å². The van der Waals surface area contributed by atoms with Crippen LogP contribution in [0.1, 0.15) is 25.5 Å². The number of urea groups is 1. The van der Waals surface area contributed by atoms with Crippen LogP contribution in [0.25, 0.3) is 0 Å². The Morgan fingerprint density at radius 1 is 1.52 bits per heavy atom. The molecule has 2 unspecified atom stereocenters. The molecule has 130 valence electrons. The number of carbonyl (C=O) groups excluding carboxylic acids is 1. The normalized spacial score (nSPS) is 20.1. The van der Waals surface area contributed by atoms with E-state index in [1.54, 1.807) is 4.68 Å². The average Bonchev–Trinajstić information content (AvgIpc) is 2.93. The van der Waals surface area contributed by atoms with E-state index in [1.807, 2.05) is 50.2 Å². The summed E-state index contributed by atoms with van der Waals surface area (Å²) in [5, 5.41) is 7.87. The standard InChI is InChI=1S/C16H29N5OS/c1-12(2)15-11-21(6-7-23-15)16(22)17-9-14(19(3)4)13-8-18-20(5)10-13/h8,10,12,14-15H,6-7,9,11H2,1-5H3,(H,17,22). The molecule has 2 atom stereocenters. The molecule has 1 N–H and O–H groups in total. The highest BCUT2D eigenvalue weighted by Crippen LogP contribution is 2.25. The molecule has 6 nitrogen and oxygen atoms in total. The quantitative estimate of drug-likeness (QED) is 0.889. The molecule has 1 saturated heterocycles. The number of nitrogens with zero attached hydrogens (tertiary/aromatic N) is 4. The third kappa shape index (κ3) is 4.88. The molecule has 2 heterocycles. The Balaban J connectivity index is 1.91. The van der Waals surface area contributed by atoms with Gasteiger partial charge < -0.3 is 15.1 Å². The van der Waals surface area contributed by atoms with Gasteiger partial charge in [0.25, 0.3) is 0 Å². The van der Waals surface area contributed by atoms with Crippen LogP contribution in [-0.4, -0.2) is 70.3 Å². The van der Waals surface area contributed by atoms with E-state index in [0.717, 1.165) is 24.4 Å². The van der Waals surface area contributed by atoms with Crippen LogP contribution < -0.4 is 5.32 Å². The van der Waals surface area contributed by atoms with E-state index in [2.05, 4.69) is 29.2 Å². The predicted octanol–water partition coefficient (Wildman–Crippen LogP) is 1.81. The fourth-order valence-electron chi connectivity index (χ4n) is 2.77. The summed E-state index contributed by atoms with van der Waals surface area (Å²) in [6.45, 7) is 6.72. The van der Waals surface area contributed by atoms with Gasteiger partial charge in [0.1, 0.15) is 0 Å². The van der Waals surface area contributed by atoms with Gasteiger partial charge >= 0.3 is 6.03 Å². The minimum Gasteiger partial charge on any atom is -0.336 e. The zero-order chi connectivity index (χ0) is 17.0. The Bertz CT molecular complexity index is 516. The number of likely N-dealkylation sites (N-methyl/N-ethyl adjacent to an activating group) is 1. The largest absolute Gasteiger partial charge is 0.336 e. The van der Waals surface area contributed by atoms with Gasteiger partial charge in [0.15, 0.2) is 0 Å². The van der Waals surface area contributed by atoms with Crippen molar-refractivity contribution in [3.8, 4) is 0 Å². The summed E-state index contributed by atoms with van der Waals surface area (Å²) in [6.07, 6.45) is 3.87. The summed E-state index contributed by atoms with van der Waals surface area (Å²) in [4.78, 5) is 16.6. The highest BCUT2D eigenvalue weighted by atomic mass is 32.2. The van der Waals surface area contributed by atoms with Crippen LogP contribution in [0.4, 0.5) is 4.79 Å². The SMILES string of the molecule is CC(C)C1CN(C(=O)NCC(c2cnn(C)c2)N(C)C)CCS1. The molecular weight excluding hydrogens is 310 g/mol. The van der Waals surface area contributed by atoms with E-state index in [0.29, 0.717) is 17.7 Å². The van der Waals surface area contributed by atoms with Gasteiger partial charge in [-0.15, -0.1) is 0 Å². The number of thioether (sulfide) groups is 1. The monoisotopic (exact) mass is 339 g/mol. The maximum absolute atomic E-state index is 12.5. The lowest BCUT2D eigenvalue weighted by Gasteiger charge is -2.35. The maximum atomic E-state index is 12.5. The lowest BCUT2D eigenvalue weighted by molar-refractivity contribution is 0.191. The van der Waals surface area contributed by atoms with Crippen molar-refractivity contribution in [3.05, 3.63) is 18.0 Å². The summed E-state index contributed by atoms with van der Waals surface area (Å²) in [5.41, 5.74) is 1.12. The van der Waals surface area contributed by atoms with Gasteiger partial charge in [-0.2, -0.15) is 16.9 Å². The van der Waals surface area contributed by atoms with Gasteiger partial charge in [-0.25, -0.2) is 4.79 Å². The predicted molar refractivity (Wildman–Crippen MR) is 95.7 cm³/mol. The molecule has 7 heteroatoms. The van der Waals surface area contributed by atoms with Crippen LogP contribution >= 0.6 is 11.8 Å². The summed E-state index contributed by atoms with van der Waals surface area (Å²) in [5.74, 6) is 1.62. The number of rotatable bonds is 5. The molecule has 1 fully saturated rings. The molecular formula is C16H29N5OS. The van der Waals surface area contributed by atoms with Crippen LogP contribution in [0, 0.1) is 5.92 Å². The Morgan fingerprint density at radius 2 is 2.26 bits per heavy atom. The van der Waals surface area contributed by atoms with Crippen LogP contribution in [0.15, 0.2) is 12.4 Å². The second-order valence-corrected chi connectivity index (χ2v) is 8.06. The van der Waals surface area contributed by atoms with Crippen molar-refractivity contribution >= 4 is 17.8 Å². The molecule has 0 aliphatic carbocycles. The van der Waals surface area contributed by atoms with Gasteiger partial charge in [-0.1, -0.05) is 13.8 Å². The van der Waals surface area contributed by atoms with Gasteiger partial charge in [0.05, 0.1) is 12.2 Å². The Labute approximate surface area is 143 Å². The van der Waals surface area contributed by atoms with Crippen molar-refractivity contribution in [2.45, 2.75) is 25.1 Å². The second kappa shape index (κ2) is 8.06. The molecule has 1 aliphatic rings. The molecule has 0 aromatic carbocycles. The fraction of sp³-hybridized carbons (Fsp3) is 0.750. The summed E-state index contributed by atoms with van der Waals surface area (Å²) in [6, 6.07) is 0.180. The van der Waals surface area contributed by atoms with E-state index in [-0.39, 0.29) is 12.1 Å². The van der Waals surface area contributed by atoms with Gasteiger partial charge in [-0.3, -0.25) is 4.68 Å². The third-order valence-electron chi connectivity index (χ3n) is 4.30. The Kier molecular flexibility index (Phi) is 6.35. The number of hydrogen-bond donors (Lipinski definition) is 1. The van der Waals surface area contributed by atoms with Crippen molar-refractivity contribution in [2.75, 3.05) is 39.5 Å². The number of hydrogen-bond acceptors (Lipinski definition) is 4. The number of nitrogens with one attached hydrogen (secondary N) is 1. The van der Waals surface area contributed by atoms with E-state index in [4.69, 9.17) is 0 Å². The highest BCUT2D eigenvalue weighted by Gasteiger charge is 2.26. The van der Waals surface area contributed by atoms with Gasteiger partial charge in [0, 0.05) is 49.4 Å². The molecule has 1 aromatic heterocycles. The van der Waals surface area contributed by atoms with E-state index in [9.17, 15) is 4.79 Å². The molecule has 2 amide bonds. The molecule has 23 heavy (non-hydrogen) atoms. The molecule has 0 saturated carbocycles. The third-order valence-corrected chi connectivity index (χ3v) is 5.84. The molecule has 0 spiro atoms. The van der Waals surface area contributed by atoms with Crippen LogP contribution in [0.5, 0.6) is 0 Å². The summed E-state index contributed by atoms with van der Waals surface area (Å²) in [7, 11) is 5.96. The lowest BCUT2D eigenvalue weighted by Crippen LogP contribution is -2.49. The topological polar surface area (TPSA) is 53.4 Å². The van der Waals surface area contributed by atoms with E-state index < -0.39 is 0 Å². The van der Waals surface area contributed by atoms with Crippen molar-refractivity contribution < 1.29 is 4.79 Å². The minimum absolute atomic E-state index is 0.0479. The fourth-order valence-corrected chi connectivity index (χ4v) is 4.07. The zero-order valence-corrected chi connectivity index (χ0v) is 15.6. The van der Waals surface area contributed by atoms with Crippen LogP contribution in [0.2, 0.25) is 0 Å². The first kappa shape index (κ1) is 18.1. The Hall–Kier alpha value is -1.21. The Morgan fingerprint density at radius 3 is 2.83 bits per heavy atom. The van der Waals surface area contributed by atoms with Crippen LogP contribution in [0.3, 0.4) is 0 Å².